The Balaban J connectivity index is 5.23. The minimum Gasteiger partial charge on any atom is -0.462 e. The van der Waals surface area contributed by atoms with E-state index in [2.05, 4.69) is 48.5 Å². The summed E-state index contributed by atoms with van der Waals surface area (Å²) in [5.74, 6) is 0.254. The molecule has 106 heavy (non-hydrogen) atoms. The number of esters is 4. The van der Waals surface area contributed by atoms with Gasteiger partial charge in [0, 0.05) is 25.7 Å². The first kappa shape index (κ1) is 104. The zero-order valence-electron chi connectivity index (χ0n) is 69.9. The lowest BCUT2D eigenvalue weighted by Crippen LogP contribution is -2.30. The minimum absolute atomic E-state index is 0.108. The first-order valence-corrected chi connectivity index (χ1v) is 47.9. The molecule has 0 aliphatic heterocycles. The average molecular weight is 1550 g/mol. The van der Waals surface area contributed by atoms with E-state index in [1.54, 1.807) is 0 Å². The molecule has 3 unspecified atom stereocenters. The van der Waals surface area contributed by atoms with E-state index in [1.165, 1.54) is 263 Å². The normalized spacial score (nSPS) is 14.1. The molecule has 0 aromatic rings. The van der Waals surface area contributed by atoms with Crippen LogP contribution in [0.2, 0.25) is 0 Å². The standard InChI is InChI=1S/C87H170O17P2/c1-8-10-11-12-13-14-15-16-17-20-26-32-37-42-47-56-64-71-87(92)104-83(75-98-85(90)69-62-55-50-49-53-60-67-80(7)9-2)77-102-106(95,96)100-73-81(88)72-99-105(93,94)101-76-82(74-97-84(89)68-61-54-46-41-36-31-28-23-25-30-35-40-45-52-59-66-79(5)6)103-86(91)70-63-57-48-43-38-33-27-22-19-18-21-24-29-34-39-44-51-58-65-78(3)4/h78-83,88H,8-77H2,1-7H3,(H,93,94)(H,95,96)/t80?,81-,82-,83-/m1/s1. The highest BCUT2D eigenvalue weighted by Gasteiger charge is 2.31. The molecule has 0 saturated carbocycles. The molecule has 0 fully saturated rings. The highest BCUT2D eigenvalue weighted by atomic mass is 31.2. The molecular weight excluding hydrogens is 1380 g/mol. The van der Waals surface area contributed by atoms with Crippen LogP contribution in [0.4, 0.5) is 0 Å². The maximum atomic E-state index is 13.2. The summed E-state index contributed by atoms with van der Waals surface area (Å²) in [4.78, 5) is 73.2. The van der Waals surface area contributed by atoms with Gasteiger partial charge in [-0.1, -0.05) is 408 Å². The minimum atomic E-state index is -4.97. The monoisotopic (exact) mass is 1550 g/mol. The largest absolute Gasteiger partial charge is 0.472 e. The number of phosphoric acid groups is 2. The van der Waals surface area contributed by atoms with Crippen LogP contribution in [-0.4, -0.2) is 96.7 Å². The lowest BCUT2D eigenvalue weighted by Gasteiger charge is -2.21. The Morgan fingerprint density at radius 2 is 0.481 bits per heavy atom. The first-order chi connectivity index (χ1) is 51.3. The maximum absolute atomic E-state index is 13.2. The lowest BCUT2D eigenvalue weighted by atomic mass is 10.00. The van der Waals surface area contributed by atoms with Crippen LogP contribution in [0.3, 0.4) is 0 Å². The van der Waals surface area contributed by atoms with Crippen LogP contribution in [-0.2, 0) is 65.4 Å². The number of unbranched alkanes of at least 4 members (excludes halogenated alkanes) is 52. The van der Waals surface area contributed by atoms with E-state index < -0.39 is 97.5 Å². The number of hydrogen-bond donors (Lipinski definition) is 3. The van der Waals surface area contributed by atoms with Gasteiger partial charge < -0.3 is 33.8 Å². The highest BCUT2D eigenvalue weighted by molar-refractivity contribution is 7.47. The molecule has 0 rings (SSSR count). The van der Waals surface area contributed by atoms with Crippen molar-refractivity contribution in [2.45, 2.75) is 478 Å². The van der Waals surface area contributed by atoms with E-state index in [4.69, 9.17) is 37.0 Å². The van der Waals surface area contributed by atoms with Gasteiger partial charge >= 0.3 is 39.5 Å². The summed E-state index contributed by atoms with van der Waals surface area (Å²) in [5.41, 5.74) is 0. The van der Waals surface area contributed by atoms with Crippen molar-refractivity contribution in [3.05, 3.63) is 0 Å². The Morgan fingerprint density at radius 3 is 0.717 bits per heavy atom. The third-order valence-corrected chi connectivity index (χ3v) is 22.6. The maximum Gasteiger partial charge on any atom is 0.472 e. The molecule has 0 aromatic heterocycles. The number of carbonyl (C=O) groups excluding carboxylic acids is 4. The Labute approximate surface area is 651 Å². The zero-order chi connectivity index (χ0) is 77.9. The molecule has 0 aliphatic carbocycles. The smallest absolute Gasteiger partial charge is 0.462 e. The fourth-order valence-electron chi connectivity index (χ4n) is 13.5. The van der Waals surface area contributed by atoms with E-state index in [0.717, 1.165) is 114 Å². The molecule has 630 valence electrons. The quantitative estimate of drug-likeness (QED) is 0.0222. The summed E-state index contributed by atoms with van der Waals surface area (Å²) in [6.45, 7) is 12.0. The molecule has 0 aromatic carbocycles. The summed E-state index contributed by atoms with van der Waals surface area (Å²) in [6, 6.07) is 0. The van der Waals surface area contributed by atoms with Crippen LogP contribution in [0.25, 0.3) is 0 Å². The number of hydrogen-bond acceptors (Lipinski definition) is 15. The Kier molecular flexibility index (Phi) is 75.6. The summed E-state index contributed by atoms with van der Waals surface area (Å²) in [7, 11) is -9.93. The number of phosphoric ester groups is 2. The lowest BCUT2D eigenvalue weighted by molar-refractivity contribution is -0.161. The number of aliphatic hydroxyl groups excluding tert-OH is 1. The molecule has 0 heterocycles. The van der Waals surface area contributed by atoms with Gasteiger partial charge in [0.05, 0.1) is 26.4 Å². The van der Waals surface area contributed by atoms with E-state index in [0.29, 0.717) is 25.7 Å². The Morgan fingerprint density at radius 1 is 0.274 bits per heavy atom. The summed E-state index contributed by atoms with van der Waals surface area (Å²) >= 11 is 0. The van der Waals surface area contributed by atoms with Crippen LogP contribution >= 0.6 is 15.6 Å². The van der Waals surface area contributed by atoms with Gasteiger partial charge in [-0.2, -0.15) is 0 Å². The second-order valence-electron chi connectivity index (χ2n) is 32.5. The van der Waals surface area contributed by atoms with Crippen molar-refractivity contribution in [3.8, 4) is 0 Å². The molecule has 3 N–H and O–H groups in total. The van der Waals surface area contributed by atoms with Gasteiger partial charge in [-0.3, -0.25) is 37.3 Å². The molecule has 0 spiro atoms. The fraction of sp³-hybridized carbons (Fsp3) is 0.954. The van der Waals surface area contributed by atoms with E-state index in [9.17, 15) is 43.2 Å². The molecule has 0 saturated heterocycles. The number of rotatable bonds is 85. The third-order valence-electron chi connectivity index (χ3n) is 20.7. The Bertz CT molecular complexity index is 2050. The second kappa shape index (κ2) is 77.0. The van der Waals surface area contributed by atoms with Crippen LogP contribution in [0.5, 0.6) is 0 Å². The molecule has 0 radical (unpaired) electrons. The van der Waals surface area contributed by atoms with Crippen LogP contribution in [0, 0.1) is 17.8 Å². The number of ether oxygens (including phenoxy) is 4. The zero-order valence-corrected chi connectivity index (χ0v) is 71.7. The second-order valence-corrected chi connectivity index (χ2v) is 35.4. The molecule has 0 amide bonds. The molecule has 0 bridgehead atoms. The topological polar surface area (TPSA) is 237 Å². The Hall–Kier alpha value is -1.94. The van der Waals surface area contributed by atoms with Gasteiger partial charge in [-0.05, 0) is 43.4 Å². The van der Waals surface area contributed by atoms with Gasteiger partial charge in [0.1, 0.15) is 19.3 Å². The van der Waals surface area contributed by atoms with Crippen molar-refractivity contribution in [1.29, 1.82) is 0 Å². The number of carbonyl (C=O) groups is 4. The summed E-state index contributed by atoms with van der Waals surface area (Å²) in [5, 5.41) is 10.7. The van der Waals surface area contributed by atoms with Crippen molar-refractivity contribution < 1.29 is 80.2 Å². The van der Waals surface area contributed by atoms with Gasteiger partial charge in [0.15, 0.2) is 12.2 Å². The number of aliphatic hydroxyl groups is 1. The molecule has 6 atom stereocenters. The molecule has 17 nitrogen and oxygen atoms in total. The van der Waals surface area contributed by atoms with Gasteiger partial charge in [-0.25, -0.2) is 9.13 Å². The predicted molar refractivity (Wildman–Crippen MR) is 437 cm³/mol. The van der Waals surface area contributed by atoms with Gasteiger partial charge in [0.2, 0.25) is 0 Å². The van der Waals surface area contributed by atoms with Crippen molar-refractivity contribution in [1.82, 2.24) is 0 Å². The van der Waals surface area contributed by atoms with E-state index in [-0.39, 0.29) is 25.7 Å². The van der Waals surface area contributed by atoms with Crippen LogP contribution in [0.15, 0.2) is 0 Å². The third kappa shape index (κ3) is 78.7. The van der Waals surface area contributed by atoms with Gasteiger partial charge in [-0.15, -0.1) is 0 Å². The summed E-state index contributed by atoms with van der Waals surface area (Å²) < 4.78 is 68.9. The molecule has 19 heteroatoms. The summed E-state index contributed by atoms with van der Waals surface area (Å²) in [6.07, 6.45) is 68.1. The fourth-order valence-corrected chi connectivity index (χ4v) is 15.1. The predicted octanol–water partition coefficient (Wildman–Crippen LogP) is 26.5. The van der Waals surface area contributed by atoms with Crippen LogP contribution in [0.1, 0.15) is 459 Å². The van der Waals surface area contributed by atoms with E-state index >= 15 is 0 Å². The highest BCUT2D eigenvalue weighted by Crippen LogP contribution is 2.45. The molecular formula is C87H170O17P2. The van der Waals surface area contributed by atoms with Crippen LogP contribution < -0.4 is 0 Å². The first-order valence-electron chi connectivity index (χ1n) is 44.9. The van der Waals surface area contributed by atoms with E-state index in [1.807, 2.05) is 0 Å². The van der Waals surface area contributed by atoms with Crippen molar-refractivity contribution in [3.63, 3.8) is 0 Å². The van der Waals surface area contributed by atoms with Crippen molar-refractivity contribution in [2.24, 2.45) is 17.8 Å². The van der Waals surface area contributed by atoms with Gasteiger partial charge in [0.25, 0.3) is 0 Å². The average Bonchev–Trinajstić information content (AvgIpc) is 0.903. The molecule has 0 aliphatic rings. The van der Waals surface area contributed by atoms with Crippen molar-refractivity contribution >= 4 is 39.5 Å². The van der Waals surface area contributed by atoms with Crippen molar-refractivity contribution in [2.75, 3.05) is 39.6 Å². The SMILES string of the molecule is CCCCCCCCCCCCCCCCCCCC(=O)O[C@H](COC(=O)CCCCCCCCC(C)CC)COP(=O)(O)OC[C@H](O)COP(=O)(O)OC[C@@H](COC(=O)CCCCCCCCCCCCCCCCCC(C)C)OC(=O)CCCCCCCCCCCCCCCCCCCCC(C)C.